The number of aliphatic imine (C=N–C) groups is 1. The van der Waals surface area contributed by atoms with E-state index in [2.05, 4.69) is 25.1 Å². The SMILES string of the molecule is CN=C(NCc1cccc(OC(F)F)c1)NCc1cc2c(cc1OC(F)F)OCO2.I. The van der Waals surface area contributed by atoms with Crippen molar-refractivity contribution in [3.8, 4) is 23.0 Å². The van der Waals surface area contributed by atoms with Crippen molar-refractivity contribution in [1.29, 1.82) is 0 Å². The summed E-state index contributed by atoms with van der Waals surface area (Å²) < 4.78 is 69.5. The maximum atomic E-state index is 12.7. The molecule has 0 saturated heterocycles. The molecule has 0 spiro atoms. The minimum Gasteiger partial charge on any atom is -0.454 e. The van der Waals surface area contributed by atoms with Gasteiger partial charge in [0.25, 0.3) is 0 Å². The van der Waals surface area contributed by atoms with Gasteiger partial charge in [0.05, 0.1) is 0 Å². The molecule has 2 N–H and O–H groups in total. The number of fused-ring (bicyclic) bond motifs is 1. The lowest BCUT2D eigenvalue weighted by Crippen LogP contribution is -2.36. The van der Waals surface area contributed by atoms with Crippen molar-refractivity contribution in [3.63, 3.8) is 0 Å². The Hall–Kier alpha value is -2.64. The standard InChI is InChI=1S/C19H19F4N3O4.HI/c1-24-19(25-8-11-3-2-4-13(5-11)29-17(20)21)26-9-12-6-15-16(28-10-27-15)7-14(12)30-18(22)23;/h2-7,17-18H,8-10H2,1H3,(H2,24,25,26);1H. The molecule has 1 aliphatic rings. The molecule has 2 aromatic carbocycles. The van der Waals surface area contributed by atoms with Gasteiger partial charge < -0.3 is 29.6 Å². The fourth-order valence-electron chi connectivity index (χ4n) is 2.73. The lowest BCUT2D eigenvalue weighted by molar-refractivity contribution is -0.0509. The minimum atomic E-state index is -3.00. The van der Waals surface area contributed by atoms with Gasteiger partial charge in [0, 0.05) is 31.8 Å². The van der Waals surface area contributed by atoms with Gasteiger partial charge in [-0.15, -0.1) is 24.0 Å². The van der Waals surface area contributed by atoms with E-state index in [1.54, 1.807) is 18.2 Å². The van der Waals surface area contributed by atoms with Crippen LogP contribution in [0.1, 0.15) is 11.1 Å². The van der Waals surface area contributed by atoms with Crippen molar-refractivity contribution in [2.75, 3.05) is 13.8 Å². The average molecular weight is 557 g/mol. The largest absolute Gasteiger partial charge is 0.454 e. The summed E-state index contributed by atoms with van der Waals surface area (Å²) in [6, 6.07) is 9.10. The van der Waals surface area contributed by atoms with Crippen molar-refractivity contribution in [3.05, 3.63) is 47.5 Å². The Morgan fingerprint density at radius 3 is 2.35 bits per heavy atom. The molecule has 170 valence electrons. The van der Waals surface area contributed by atoms with Crippen LogP contribution in [0, 0.1) is 0 Å². The summed E-state index contributed by atoms with van der Waals surface area (Å²) in [5, 5.41) is 5.97. The molecule has 3 rings (SSSR count). The molecule has 1 heterocycles. The van der Waals surface area contributed by atoms with E-state index >= 15 is 0 Å². The highest BCUT2D eigenvalue weighted by molar-refractivity contribution is 14.0. The number of halogens is 5. The number of benzene rings is 2. The predicted octanol–water partition coefficient (Wildman–Crippen LogP) is 4.10. The number of nitrogens with zero attached hydrogens (tertiary/aromatic N) is 1. The molecule has 0 amide bonds. The molecule has 0 fully saturated rings. The molecule has 0 radical (unpaired) electrons. The Morgan fingerprint density at radius 1 is 1.00 bits per heavy atom. The van der Waals surface area contributed by atoms with E-state index < -0.39 is 13.2 Å². The highest BCUT2D eigenvalue weighted by atomic mass is 127. The number of nitrogens with one attached hydrogen (secondary N) is 2. The Labute approximate surface area is 192 Å². The normalized spacial score (nSPS) is 12.5. The minimum absolute atomic E-state index is 0. The van der Waals surface area contributed by atoms with Gasteiger partial charge >= 0.3 is 13.2 Å². The number of hydrogen-bond donors (Lipinski definition) is 2. The van der Waals surface area contributed by atoms with E-state index in [-0.39, 0.29) is 55.4 Å². The van der Waals surface area contributed by atoms with Gasteiger partial charge in [-0.2, -0.15) is 17.6 Å². The van der Waals surface area contributed by atoms with Gasteiger partial charge in [0.15, 0.2) is 17.5 Å². The maximum Gasteiger partial charge on any atom is 0.387 e. The van der Waals surface area contributed by atoms with E-state index in [9.17, 15) is 17.6 Å². The Morgan fingerprint density at radius 2 is 1.68 bits per heavy atom. The molecule has 1 aliphatic heterocycles. The van der Waals surface area contributed by atoms with Crippen LogP contribution in [0.4, 0.5) is 17.6 Å². The fraction of sp³-hybridized carbons (Fsp3) is 0.316. The van der Waals surface area contributed by atoms with Crippen LogP contribution >= 0.6 is 24.0 Å². The van der Waals surface area contributed by atoms with Crippen molar-refractivity contribution in [2.45, 2.75) is 26.3 Å². The fourth-order valence-corrected chi connectivity index (χ4v) is 2.73. The smallest absolute Gasteiger partial charge is 0.387 e. The molecule has 0 bridgehead atoms. The lowest BCUT2D eigenvalue weighted by Gasteiger charge is -2.15. The highest BCUT2D eigenvalue weighted by Gasteiger charge is 2.20. The monoisotopic (exact) mass is 557 g/mol. The van der Waals surface area contributed by atoms with Crippen LogP contribution in [0.15, 0.2) is 41.4 Å². The zero-order valence-electron chi connectivity index (χ0n) is 16.2. The Kier molecular flexibility index (Phi) is 9.27. The van der Waals surface area contributed by atoms with Crippen molar-refractivity contribution >= 4 is 29.9 Å². The zero-order chi connectivity index (χ0) is 21.5. The quantitative estimate of drug-likeness (QED) is 0.221. The molecule has 0 saturated carbocycles. The summed E-state index contributed by atoms with van der Waals surface area (Å²) in [6.07, 6.45) is 0. The van der Waals surface area contributed by atoms with E-state index in [1.807, 2.05) is 0 Å². The van der Waals surface area contributed by atoms with Gasteiger partial charge in [-0.25, -0.2) is 0 Å². The number of rotatable bonds is 8. The molecule has 7 nitrogen and oxygen atoms in total. The molecule has 31 heavy (non-hydrogen) atoms. The summed E-state index contributed by atoms with van der Waals surface area (Å²) in [4.78, 5) is 4.05. The first kappa shape index (κ1) is 24.6. The first-order chi connectivity index (χ1) is 14.4. The second-order valence-corrected chi connectivity index (χ2v) is 6.00. The molecule has 0 aromatic heterocycles. The molecule has 0 aliphatic carbocycles. The third-order valence-electron chi connectivity index (χ3n) is 4.03. The lowest BCUT2D eigenvalue weighted by atomic mass is 10.1. The van der Waals surface area contributed by atoms with Crippen LogP contribution in [0.3, 0.4) is 0 Å². The van der Waals surface area contributed by atoms with Crippen LogP contribution in [0.25, 0.3) is 0 Å². The van der Waals surface area contributed by atoms with Gasteiger partial charge in [-0.3, -0.25) is 4.99 Å². The van der Waals surface area contributed by atoms with E-state index in [0.29, 0.717) is 28.6 Å². The van der Waals surface area contributed by atoms with E-state index in [1.165, 1.54) is 25.2 Å². The summed E-state index contributed by atoms with van der Waals surface area (Å²) >= 11 is 0. The van der Waals surface area contributed by atoms with Crippen LogP contribution in [-0.4, -0.2) is 33.0 Å². The molecule has 0 unspecified atom stereocenters. The van der Waals surface area contributed by atoms with E-state index in [0.717, 1.165) is 0 Å². The molecular formula is C19H20F4IN3O4. The molecule has 12 heteroatoms. The van der Waals surface area contributed by atoms with Gasteiger partial charge in [-0.05, 0) is 23.8 Å². The third kappa shape index (κ3) is 7.22. The second kappa shape index (κ2) is 11.7. The summed E-state index contributed by atoms with van der Waals surface area (Å²) in [5.74, 6) is 1.10. The van der Waals surface area contributed by atoms with Gasteiger partial charge in [0.2, 0.25) is 6.79 Å². The van der Waals surface area contributed by atoms with Crippen LogP contribution in [0.5, 0.6) is 23.0 Å². The van der Waals surface area contributed by atoms with Crippen LogP contribution in [0.2, 0.25) is 0 Å². The Bertz CT molecular complexity index is 902. The first-order valence-electron chi connectivity index (χ1n) is 8.80. The van der Waals surface area contributed by atoms with Gasteiger partial charge in [-0.1, -0.05) is 12.1 Å². The third-order valence-corrected chi connectivity index (χ3v) is 4.03. The number of ether oxygens (including phenoxy) is 4. The summed E-state index contributed by atoms with van der Waals surface area (Å²) in [5.41, 5.74) is 1.09. The zero-order valence-corrected chi connectivity index (χ0v) is 18.6. The number of hydrogen-bond acceptors (Lipinski definition) is 5. The number of alkyl halides is 4. The summed E-state index contributed by atoms with van der Waals surface area (Å²) in [6.45, 7) is -5.54. The topological polar surface area (TPSA) is 73.3 Å². The first-order valence-corrected chi connectivity index (χ1v) is 8.80. The summed E-state index contributed by atoms with van der Waals surface area (Å²) in [7, 11) is 1.53. The van der Waals surface area contributed by atoms with E-state index in [4.69, 9.17) is 9.47 Å². The van der Waals surface area contributed by atoms with Gasteiger partial charge in [0.1, 0.15) is 11.5 Å². The molecule has 2 aromatic rings. The maximum absolute atomic E-state index is 12.7. The van der Waals surface area contributed by atoms with Crippen molar-refractivity contribution in [1.82, 2.24) is 10.6 Å². The molecular weight excluding hydrogens is 537 g/mol. The van der Waals surface area contributed by atoms with Crippen molar-refractivity contribution in [2.24, 2.45) is 4.99 Å². The van der Waals surface area contributed by atoms with Crippen LogP contribution < -0.4 is 29.6 Å². The molecule has 0 atom stereocenters. The predicted molar refractivity (Wildman–Crippen MR) is 115 cm³/mol. The van der Waals surface area contributed by atoms with Crippen molar-refractivity contribution < 1.29 is 36.5 Å². The average Bonchev–Trinajstić information content (AvgIpc) is 3.14. The number of guanidine groups is 1. The second-order valence-electron chi connectivity index (χ2n) is 6.00. The Balaban J connectivity index is 0.00000341. The van der Waals surface area contributed by atoms with Crippen LogP contribution in [-0.2, 0) is 13.1 Å². The highest BCUT2D eigenvalue weighted by Crippen LogP contribution is 2.38.